The zero-order valence-electron chi connectivity index (χ0n) is 11.5. The summed E-state index contributed by atoms with van der Waals surface area (Å²) >= 11 is 1.81. The van der Waals surface area contributed by atoms with Crippen LogP contribution in [0.5, 0.6) is 0 Å². The third kappa shape index (κ3) is 3.01. The summed E-state index contributed by atoms with van der Waals surface area (Å²) in [6, 6.07) is 11.8. The highest BCUT2D eigenvalue weighted by atomic mass is 32.1. The maximum Gasteiger partial charge on any atom is 0.0391 e. The fraction of sp³-hybridized carbons (Fsp3) is 0.375. The minimum Gasteiger partial charge on any atom is -0.303 e. The van der Waals surface area contributed by atoms with Gasteiger partial charge < -0.3 is 5.32 Å². The lowest BCUT2D eigenvalue weighted by atomic mass is 10.0. The summed E-state index contributed by atoms with van der Waals surface area (Å²) in [6.07, 6.45) is 0. The van der Waals surface area contributed by atoms with Crippen LogP contribution in [0.15, 0.2) is 35.7 Å². The standard InChI is InChI=1S/C16H21NS/c1-11-7-8-15(10-12(11)2)13(3)17-14(4)16-6-5-9-18-16/h5-10,13-14,17H,1-4H3/t13?,14-/m0/s1. The molecule has 0 spiro atoms. The van der Waals surface area contributed by atoms with Crippen LogP contribution < -0.4 is 5.32 Å². The summed E-state index contributed by atoms with van der Waals surface area (Å²) in [6.45, 7) is 8.79. The van der Waals surface area contributed by atoms with E-state index in [2.05, 4.69) is 68.7 Å². The van der Waals surface area contributed by atoms with Crippen molar-refractivity contribution in [2.45, 2.75) is 39.8 Å². The van der Waals surface area contributed by atoms with Crippen molar-refractivity contribution in [3.05, 3.63) is 57.3 Å². The molecule has 1 aromatic heterocycles. The van der Waals surface area contributed by atoms with E-state index in [4.69, 9.17) is 0 Å². The van der Waals surface area contributed by atoms with Crippen LogP contribution in [0, 0.1) is 13.8 Å². The Balaban J connectivity index is 2.07. The Morgan fingerprint density at radius 3 is 2.39 bits per heavy atom. The van der Waals surface area contributed by atoms with Crippen LogP contribution in [0.25, 0.3) is 0 Å². The van der Waals surface area contributed by atoms with E-state index in [0.717, 1.165) is 0 Å². The zero-order valence-corrected chi connectivity index (χ0v) is 12.3. The van der Waals surface area contributed by atoms with Gasteiger partial charge in [-0.05, 0) is 55.8 Å². The van der Waals surface area contributed by atoms with Gasteiger partial charge in [0.25, 0.3) is 0 Å². The van der Waals surface area contributed by atoms with Gasteiger partial charge in [0.15, 0.2) is 0 Å². The molecule has 1 unspecified atom stereocenters. The van der Waals surface area contributed by atoms with Gasteiger partial charge in [-0.3, -0.25) is 0 Å². The van der Waals surface area contributed by atoms with Gasteiger partial charge >= 0.3 is 0 Å². The fourth-order valence-electron chi connectivity index (χ4n) is 2.12. The first-order valence-electron chi connectivity index (χ1n) is 6.44. The molecule has 0 fully saturated rings. The quantitative estimate of drug-likeness (QED) is 0.833. The molecule has 18 heavy (non-hydrogen) atoms. The maximum atomic E-state index is 3.66. The second-order valence-electron chi connectivity index (χ2n) is 4.97. The first kappa shape index (κ1) is 13.3. The monoisotopic (exact) mass is 259 g/mol. The van der Waals surface area contributed by atoms with Crippen LogP contribution in [0.2, 0.25) is 0 Å². The first-order chi connectivity index (χ1) is 8.58. The van der Waals surface area contributed by atoms with Gasteiger partial charge in [-0.1, -0.05) is 24.3 Å². The number of aryl methyl sites for hydroxylation is 2. The third-order valence-electron chi connectivity index (χ3n) is 3.50. The van der Waals surface area contributed by atoms with Crippen LogP contribution in [-0.4, -0.2) is 0 Å². The van der Waals surface area contributed by atoms with Gasteiger partial charge in [-0.25, -0.2) is 0 Å². The molecule has 1 nitrogen and oxygen atoms in total. The van der Waals surface area contributed by atoms with Crippen LogP contribution in [0.4, 0.5) is 0 Å². The molecule has 1 aromatic carbocycles. The Morgan fingerprint density at radius 1 is 1.00 bits per heavy atom. The molecule has 2 aromatic rings. The van der Waals surface area contributed by atoms with Crippen LogP contribution in [0.1, 0.15) is 47.5 Å². The lowest BCUT2D eigenvalue weighted by Gasteiger charge is -2.20. The molecule has 0 aliphatic rings. The summed E-state index contributed by atoms with van der Waals surface area (Å²) in [7, 11) is 0. The minimum atomic E-state index is 0.376. The van der Waals surface area contributed by atoms with E-state index < -0.39 is 0 Å². The molecular weight excluding hydrogens is 238 g/mol. The zero-order chi connectivity index (χ0) is 13.1. The molecule has 2 rings (SSSR count). The van der Waals surface area contributed by atoms with Crippen molar-refractivity contribution >= 4 is 11.3 Å². The van der Waals surface area contributed by atoms with E-state index in [-0.39, 0.29) is 0 Å². The number of thiophene rings is 1. The molecule has 1 heterocycles. The number of benzene rings is 1. The molecular formula is C16H21NS. The largest absolute Gasteiger partial charge is 0.303 e. The van der Waals surface area contributed by atoms with Gasteiger partial charge in [0.2, 0.25) is 0 Å². The highest BCUT2D eigenvalue weighted by molar-refractivity contribution is 7.10. The molecule has 0 bridgehead atoms. The maximum absolute atomic E-state index is 3.66. The van der Waals surface area contributed by atoms with Crippen molar-refractivity contribution in [2.75, 3.05) is 0 Å². The average molecular weight is 259 g/mol. The molecule has 0 amide bonds. The third-order valence-corrected chi connectivity index (χ3v) is 4.56. The van der Waals surface area contributed by atoms with Crippen molar-refractivity contribution in [3.63, 3.8) is 0 Å². The smallest absolute Gasteiger partial charge is 0.0391 e. The van der Waals surface area contributed by atoms with Gasteiger partial charge in [0.05, 0.1) is 0 Å². The van der Waals surface area contributed by atoms with Gasteiger partial charge in [-0.2, -0.15) is 0 Å². The number of hydrogen-bond donors (Lipinski definition) is 1. The lowest BCUT2D eigenvalue weighted by molar-refractivity contribution is 0.500. The van der Waals surface area contributed by atoms with Crippen LogP contribution >= 0.6 is 11.3 Å². The molecule has 0 radical (unpaired) electrons. The Kier molecular flexibility index (Phi) is 4.20. The predicted molar refractivity (Wildman–Crippen MR) is 80.2 cm³/mol. The van der Waals surface area contributed by atoms with E-state index in [1.54, 1.807) is 0 Å². The Labute approximate surface area is 114 Å². The predicted octanol–water partition coefficient (Wildman–Crippen LogP) is 4.78. The Bertz CT molecular complexity index is 502. The number of nitrogens with one attached hydrogen (secondary N) is 1. The van der Waals surface area contributed by atoms with Crippen LogP contribution in [-0.2, 0) is 0 Å². The second kappa shape index (κ2) is 5.68. The van der Waals surface area contributed by atoms with Gasteiger partial charge in [0, 0.05) is 17.0 Å². The van der Waals surface area contributed by atoms with Crippen molar-refractivity contribution in [1.82, 2.24) is 5.32 Å². The summed E-state index contributed by atoms with van der Waals surface area (Å²) in [5, 5.41) is 5.79. The summed E-state index contributed by atoms with van der Waals surface area (Å²) in [5.41, 5.74) is 4.09. The Morgan fingerprint density at radius 2 is 1.78 bits per heavy atom. The molecule has 1 N–H and O–H groups in total. The first-order valence-corrected chi connectivity index (χ1v) is 7.32. The van der Waals surface area contributed by atoms with E-state index in [9.17, 15) is 0 Å². The summed E-state index contributed by atoms with van der Waals surface area (Å²) in [4.78, 5) is 1.39. The van der Waals surface area contributed by atoms with E-state index >= 15 is 0 Å². The van der Waals surface area contributed by atoms with Crippen molar-refractivity contribution < 1.29 is 0 Å². The SMILES string of the molecule is Cc1ccc(C(C)N[C@@H](C)c2cccs2)cc1C. The fourth-order valence-corrected chi connectivity index (χ4v) is 2.87. The van der Waals surface area contributed by atoms with E-state index in [1.807, 2.05) is 11.3 Å². The normalized spacial score (nSPS) is 14.4. The van der Waals surface area contributed by atoms with Crippen molar-refractivity contribution in [3.8, 4) is 0 Å². The molecule has 2 heteroatoms. The molecule has 0 aliphatic heterocycles. The second-order valence-corrected chi connectivity index (χ2v) is 5.95. The number of rotatable bonds is 4. The Hall–Kier alpha value is -1.12. The minimum absolute atomic E-state index is 0.376. The van der Waals surface area contributed by atoms with Crippen molar-refractivity contribution in [1.29, 1.82) is 0 Å². The highest BCUT2D eigenvalue weighted by Gasteiger charge is 2.12. The molecule has 0 aliphatic carbocycles. The molecule has 0 saturated heterocycles. The lowest BCUT2D eigenvalue weighted by Crippen LogP contribution is -2.21. The van der Waals surface area contributed by atoms with Gasteiger partial charge in [0.1, 0.15) is 0 Å². The molecule has 0 saturated carbocycles. The van der Waals surface area contributed by atoms with Crippen LogP contribution in [0.3, 0.4) is 0 Å². The number of hydrogen-bond acceptors (Lipinski definition) is 2. The topological polar surface area (TPSA) is 12.0 Å². The van der Waals surface area contributed by atoms with E-state index in [0.29, 0.717) is 12.1 Å². The van der Waals surface area contributed by atoms with E-state index in [1.165, 1.54) is 21.6 Å². The summed E-state index contributed by atoms with van der Waals surface area (Å²) < 4.78 is 0. The summed E-state index contributed by atoms with van der Waals surface area (Å²) in [5.74, 6) is 0. The highest BCUT2D eigenvalue weighted by Crippen LogP contribution is 2.23. The average Bonchev–Trinajstić information content (AvgIpc) is 2.86. The molecule has 96 valence electrons. The molecule has 2 atom stereocenters. The van der Waals surface area contributed by atoms with Gasteiger partial charge in [-0.15, -0.1) is 11.3 Å². The van der Waals surface area contributed by atoms with Crippen molar-refractivity contribution in [2.24, 2.45) is 0 Å².